The van der Waals surface area contributed by atoms with Crippen LogP contribution in [-0.2, 0) is 20.7 Å². The second-order valence-corrected chi connectivity index (χ2v) is 7.24. The van der Waals surface area contributed by atoms with E-state index in [0.717, 1.165) is 34.9 Å². The average Bonchev–Trinajstić information content (AvgIpc) is 3.07. The maximum atomic E-state index is 13.6. The Kier molecular flexibility index (Phi) is 4.90. The second-order valence-electron chi connectivity index (χ2n) is 7.24. The van der Waals surface area contributed by atoms with Crippen molar-refractivity contribution in [2.45, 2.75) is 31.7 Å². The van der Waals surface area contributed by atoms with Crippen molar-refractivity contribution < 1.29 is 14.3 Å². The predicted molar refractivity (Wildman–Crippen MR) is 108 cm³/mol. The van der Waals surface area contributed by atoms with E-state index in [1.165, 1.54) is 7.11 Å². The Balaban J connectivity index is 1.80. The molecule has 0 bridgehead atoms. The Bertz CT molecular complexity index is 1010. The van der Waals surface area contributed by atoms with Gasteiger partial charge in [0.05, 0.1) is 13.2 Å². The highest BCUT2D eigenvalue weighted by atomic mass is 16.5. The van der Waals surface area contributed by atoms with Crippen LogP contribution in [0.3, 0.4) is 0 Å². The third-order valence-electron chi connectivity index (χ3n) is 5.68. The van der Waals surface area contributed by atoms with Gasteiger partial charge in [-0.25, -0.2) is 0 Å². The number of fused-ring (bicyclic) bond motifs is 3. The van der Waals surface area contributed by atoms with Gasteiger partial charge in [0, 0.05) is 23.1 Å². The molecule has 0 radical (unpaired) electrons. The first kappa shape index (κ1) is 18.3. The summed E-state index contributed by atoms with van der Waals surface area (Å²) in [5, 5.41) is 1.07. The number of hydrogen-bond donors (Lipinski definition) is 1. The van der Waals surface area contributed by atoms with E-state index in [1.54, 1.807) is 0 Å². The fourth-order valence-corrected chi connectivity index (χ4v) is 4.19. The van der Waals surface area contributed by atoms with Gasteiger partial charge in [-0.3, -0.25) is 9.59 Å². The number of H-pyrrole nitrogens is 1. The molecule has 1 amide bonds. The largest absolute Gasteiger partial charge is 0.468 e. The molecule has 5 nitrogen and oxygen atoms in total. The zero-order chi connectivity index (χ0) is 19.7. The van der Waals surface area contributed by atoms with E-state index in [2.05, 4.69) is 4.98 Å². The number of methoxy groups -OCH3 is 1. The lowest BCUT2D eigenvalue weighted by molar-refractivity contribution is -0.150. The Labute approximate surface area is 164 Å². The van der Waals surface area contributed by atoms with Crippen LogP contribution in [0.1, 0.15) is 42.1 Å². The summed E-state index contributed by atoms with van der Waals surface area (Å²) in [7, 11) is 1.33. The Morgan fingerprint density at radius 2 is 1.86 bits per heavy atom. The van der Waals surface area contributed by atoms with Crippen molar-refractivity contribution in [1.29, 1.82) is 0 Å². The Morgan fingerprint density at radius 1 is 1.14 bits per heavy atom. The third kappa shape index (κ3) is 3.07. The van der Waals surface area contributed by atoms with Crippen molar-refractivity contribution in [3.8, 4) is 0 Å². The van der Waals surface area contributed by atoms with Crippen molar-refractivity contribution >= 4 is 22.8 Å². The molecule has 2 atom stereocenters. The van der Waals surface area contributed by atoms with Crippen molar-refractivity contribution in [2.75, 3.05) is 13.7 Å². The van der Waals surface area contributed by atoms with Gasteiger partial charge in [0.1, 0.15) is 0 Å². The topological polar surface area (TPSA) is 62.4 Å². The molecule has 2 heterocycles. The fraction of sp³-hybridized carbons (Fsp3) is 0.304. The highest BCUT2D eigenvalue weighted by Crippen LogP contribution is 2.35. The number of nitrogens with zero attached hydrogens (tertiary/aromatic N) is 1. The van der Waals surface area contributed by atoms with Crippen LogP contribution in [0.2, 0.25) is 0 Å². The zero-order valence-corrected chi connectivity index (χ0v) is 16.1. The molecule has 1 aromatic heterocycles. The molecule has 28 heavy (non-hydrogen) atoms. The van der Waals surface area contributed by atoms with Crippen LogP contribution in [0.5, 0.6) is 0 Å². The number of aromatic amines is 1. The zero-order valence-electron chi connectivity index (χ0n) is 16.1. The summed E-state index contributed by atoms with van der Waals surface area (Å²) in [6.45, 7) is 2.61. The van der Waals surface area contributed by atoms with Crippen molar-refractivity contribution in [1.82, 2.24) is 9.88 Å². The molecular weight excluding hydrogens is 352 g/mol. The maximum absolute atomic E-state index is 13.6. The van der Waals surface area contributed by atoms with E-state index in [-0.39, 0.29) is 11.9 Å². The number of aryl methyl sites for hydroxylation is 1. The van der Waals surface area contributed by atoms with Gasteiger partial charge in [0.25, 0.3) is 0 Å². The number of ether oxygens (including phenoxy) is 1. The van der Waals surface area contributed by atoms with Crippen LogP contribution in [0.15, 0.2) is 54.6 Å². The van der Waals surface area contributed by atoms with E-state index >= 15 is 0 Å². The number of aromatic nitrogens is 1. The van der Waals surface area contributed by atoms with Gasteiger partial charge in [-0.2, -0.15) is 0 Å². The van der Waals surface area contributed by atoms with Gasteiger partial charge in [-0.05, 0) is 37.0 Å². The van der Waals surface area contributed by atoms with Crippen molar-refractivity contribution in [3.63, 3.8) is 0 Å². The molecule has 3 aromatic rings. The van der Waals surface area contributed by atoms with Gasteiger partial charge in [0.2, 0.25) is 5.91 Å². The second kappa shape index (κ2) is 7.50. The molecule has 0 saturated heterocycles. The summed E-state index contributed by atoms with van der Waals surface area (Å²) in [5.74, 6) is -1.71. The van der Waals surface area contributed by atoms with Crippen molar-refractivity contribution in [2.24, 2.45) is 0 Å². The summed E-state index contributed by atoms with van der Waals surface area (Å²) < 4.78 is 5.04. The van der Waals surface area contributed by atoms with Crippen LogP contribution in [-0.4, -0.2) is 35.4 Å². The monoisotopic (exact) mass is 376 g/mol. The first-order valence-electron chi connectivity index (χ1n) is 9.64. The average molecular weight is 376 g/mol. The van der Waals surface area contributed by atoms with E-state index in [1.807, 2.05) is 66.4 Å². The summed E-state index contributed by atoms with van der Waals surface area (Å²) >= 11 is 0. The normalized spacial score (nSPS) is 18.3. The Hall–Kier alpha value is -3.08. The standard InChI is InChI=1S/C23H24N2O3/c1-15(16-9-4-3-5-10-16)25-14-8-12-18-17-11-6-7-13-19(17)24-21(18)20(22(25)26)23(27)28-2/h3-7,9-11,13,15,20,24H,8,12,14H2,1-2H3/t15-,20?/m0/s1. The molecule has 2 aromatic carbocycles. The molecule has 1 unspecified atom stereocenters. The van der Waals surface area contributed by atoms with E-state index in [4.69, 9.17) is 4.74 Å². The van der Waals surface area contributed by atoms with E-state index in [9.17, 15) is 9.59 Å². The Morgan fingerprint density at radius 3 is 2.61 bits per heavy atom. The summed E-state index contributed by atoms with van der Waals surface area (Å²) in [6.07, 6.45) is 1.64. The molecule has 1 N–H and O–H groups in total. The molecule has 0 spiro atoms. The van der Waals surface area contributed by atoms with Gasteiger partial charge in [-0.1, -0.05) is 48.5 Å². The number of amides is 1. The number of carbonyl (C=O) groups is 2. The number of benzene rings is 2. The number of carbonyl (C=O) groups excluding carboxylic acids is 2. The minimum Gasteiger partial charge on any atom is -0.468 e. The molecule has 144 valence electrons. The highest BCUT2D eigenvalue weighted by Gasteiger charge is 2.39. The van der Waals surface area contributed by atoms with Crippen LogP contribution in [0.25, 0.3) is 10.9 Å². The van der Waals surface area contributed by atoms with E-state index < -0.39 is 11.9 Å². The molecule has 0 aliphatic carbocycles. The number of nitrogens with one attached hydrogen (secondary N) is 1. The minimum absolute atomic E-state index is 0.119. The molecule has 1 aliphatic rings. The van der Waals surface area contributed by atoms with Crippen LogP contribution >= 0.6 is 0 Å². The molecule has 0 saturated carbocycles. The predicted octanol–water partition coefficient (Wildman–Crippen LogP) is 3.96. The first-order valence-corrected chi connectivity index (χ1v) is 9.64. The number of para-hydroxylation sites is 1. The minimum atomic E-state index is -0.973. The van der Waals surface area contributed by atoms with Gasteiger partial charge >= 0.3 is 5.97 Å². The SMILES string of the molecule is COC(=O)C1C(=O)N([C@@H](C)c2ccccc2)CCCc2c1[nH]c1ccccc21. The van der Waals surface area contributed by atoms with Crippen LogP contribution < -0.4 is 0 Å². The molecule has 0 fully saturated rings. The lowest BCUT2D eigenvalue weighted by atomic mass is 9.92. The lowest BCUT2D eigenvalue weighted by Crippen LogP contribution is -2.42. The van der Waals surface area contributed by atoms with Crippen LogP contribution in [0.4, 0.5) is 0 Å². The van der Waals surface area contributed by atoms with E-state index in [0.29, 0.717) is 12.2 Å². The quantitative estimate of drug-likeness (QED) is 0.556. The van der Waals surface area contributed by atoms with Crippen LogP contribution in [0, 0.1) is 0 Å². The summed E-state index contributed by atoms with van der Waals surface area (Å²) in [4.78, 5) is 31.4. The molecule has 5 heteroatoms. The molecule has 4 rings (SSSR count). The maximum Gasteiger partial charge on any atom is 0.324 e. The van der Waals surface area contributed by atoms with Crippen molar-refractivity contribution in [3.05, 3.63) is 71.4 Å². The lowest BCUT2D eigenvalue weighted by Gasteiger charge is -2.33. The fourth-order valence-electron chi connectivity index (χ4n) is 4.19. The third-order valence-corrected chi connectivity index (χ3v) is 5.68. The first-order chi connectivity index (χ1) is 13.6. The number of esters is 1. The van der Waals surface area contributed by atoms with Gasteiger partial charge in [-0.15, -0.1) is 0 Å². The number of hydrogen-bond acceptors (Lipinski definition) is 3. The van der Waals surface area contributed by atoms with Gasteiger partial charge in [0.15, 0.2) is 5.92 Å². The summed E-state index contributed by atoms with van der Waals surface area (Å²) in [5.41, 5.74) is 3.71. The highest BCUT2D eigenvalue weighted by molar-refractivity contribution is 6.05. The molecule has 1 aliphatic heterocycles. The smallest absolute Gasteiger partial charge is 0.324 e. The molecular formula is C23H24N2O3. The summed E-state index contributed by atoms with van der Waals surface area (Å²) in [6, 6.07) is 17.7. The number of rotatable bonds is 3. The van der Waals surface area contributed by atoms with Gasteiger partial charge < -0.3 is 14.6 Å².